The number of benzene rings is 1. The number of aryl methyl sites for hydroxylation is 1. The van der Waals surface area contributed by atoms with Gasteiger partial charge >= 0.3 is 6.18 Å². The van der Waals surface area contributed by atoms with E-state index in [0.29, 0.717) is 5.69 Å². The average molecular weight is 309 g/mol. The fourth-order valence-electron chi connectivity index (χ4n) is 1.85. The number of carbonyl (C=O) groups is 1. The zero-order valence-corrected chi connectivity index (χ0v) is 11.8. The standard InChI is InChI=1S/C15H14F3N3O/c1-10-7-8-19-14(20-10)21-13(15(16,17)18)9-12(22)11-5-3-2-4-6-11/h2-8,13H,9H2,1H3,(H,19,20,21). The van der Waals surface area contributed by atoms with Crippen LogP contribution in [0.2, 0.25) is 0 Å². The Morgan fingerprint density at radius 1 is 1.23 bits per heavy atom. The van der Waals surface area contributed by atoms with E-state index in [1.807, 2.05) is 0 Å². The van der Waals surface area contributed by atoms with E-state index in [2.05, 4.69) is 15.3 Å². The second-order valence-electron chi connectivity index (χ2n) is 4.75. The van der Waals surface area contributed by atoms with Crippen molar-refractivity contribution in [3.05, 3.63) is 53.9 Å². The average Bonchev–Trinajstić information content (AvgIpc) is 2.46. The minimum absolute atomic E-state index is 0.150. The van der Waals surface area contributed by atoms with E-state index in [4.69, 9.17) is 0 Å². The van der Waals surface area contributed by atoms with Crippen molar-refractivity contribution in [2.75, 3.05) is 5.32 Å². The van der Waals surface area contributed by atoms with Crippen molar-refractivity contribution in [1.29, 1.82) is 0 Å². The molecular formula is C15H14F3N3O. The van der Waals surface area contributed by atoms with E-state index >= 15 is 0 Å². The number of alkyl halides is 3. The summed E-state index contributed by atoms with van der Waals surface area (Å²) in [7, 11) is 0. The highest BCUT2D eigenvalue weighted by Crippen LogP contribution is 2.26. The third kappa shape index (κ3) is 4.28. The van der Waals surface area contributed by atoms with Gasteiger partial charge in [0, 0.05) is 23.9 Å². The number of rotatable bonds is 5. The quantitative estimate of drug-likeness (QED) is 0.860. The fraction of sp³-hybridized carbons (Fsp3) is 0.267. The van der Waals surface area contributed by atoms with E-state index in [0.717, 1.165) is 0 Å². The number of nitrogens with zero attached hydrogens (tertiary/aromatic N) is 2. The topological polar surface area (TPSA) is 54.9 Å². The summed E-state index contributed by atoms with van der Waals surface area (Å²) in [4.78, 5) is 19.6. The minimum atomic E-state index is -4.59. The predicted octanol–water partition coefficient (Wildman–Crippen LogP) is 3.40. The first-order valence-corrected chi connectivity index (χ1v) is 6.57. The van der Waals surface area contributed by atoms with Gasteiger partial charge in [-0.25, -0.2) is 9.97 Å². The molecule has 4 nitrogen and oxygen atoms in total. The Bertz CT molecular complexity index is 644. The Labute approximate surface area is 125 Å². The van der Waals surface area contributed by atoms with Gasteiger partial charge in [-0.05, 0) is 13.0 Å². The Kier molecular flexibility index (Phi) is 4.75. The maximum absolute atomic E-state index is 13.1. The number of hydrogen-bond acceptors (Lipinski definition) is 4. The molecule has 0 saturated heterocycles. The van der Waals surface area contributed by atoms with Crippen molar-refractivity contribution in [2.24, 2.45) is 0 Å². The van der Waals surface area contributed by atoms with E-state index in [9.17, 15) is 18.0 Å². The zero-order chi connectivity index (χ0) is 16.2. The largest absolute Gasteiger partial charge is 0.409 e. The SMILES string of the molecule is Cc1ccnc(NC(CC(=O)c2ccccc2)C(F)(F)F)n1. The molecule has 0 spiro atoms. The van der Waals surface area contributed by atoms with Crippen LogP contribution in [0.25, 0.3) is 0 Å². The summed E-state index contributed by atoms with van der Waals surface area (Å²) in [5.41, 5.74) is 0.775. The number of aromatic nitrogens is 2. The van der Waals surface area contributed by atoms with Gasteiger partial charge in [-0.1, -0.05) is 30.3 Å². The van der Waals surface area contributed by atoms with Gasteiger partial charge in [0.25, 0.3) is 0 Å². The molecule has 116 valence electrons. The monoisotopic (exact) mass is 309 g/mol. The molecule has 0 amide bonds. The van der Waals surface area contributed by atoms with Gasteiger partial charge in [-0.15, -0.1) is 0 Å². The molecule has 0 aliphatic carbocycles. The van der Waals surface area contributed by atoms with Crippen LogP contribution >= 0.6 is 0 Å². The van der Waals surface area contributed by atoms with E-state index in [-0.39, 0.29) is 11.5 Å². The first-order valence-electron chi connectivity index (χ1n) is 6.57. The highest BCUT2D eigenvalue weighted by atomic mass is 19.4. The Balaban J connectivity index is 2.15. The van der Waals surface area contributed by atoms with Gasteiger partial charge in [-0.3, -0.25) is 4.79 Å². The number of carbonyl (C=O) groups excluding carboxylic acids is 1. The normalized spacial score (nSPS) is 12.7. The minimum Gasteiger partial charge on any atom is -0.342 e. The van der Waals surface area contributed by atoms with Crippen molar-refractivity contribution in [3.8, 4) is 0 Å². The van der Waals surface area contributed by atoms with Gasteiger partial charge in [-0.2, -0.15) is 13.2 Å². The summed E-state index contributed by atoms with van der Waals surface area (Å²) >= 11 is 0. The molecule has 0 bridgehead atoms. The highest BCUT2D eigenvalue weighted by molar-refractivity contribution is 5.96. The molecule has 1 atom stereocenters. The van der Waals surface area contributed by atoms with Gasteiger partial charge in [0.2, 0.25) is 5.95 Å². The van der Waals surface area contributed by atoms with Crippen LogP contribution in [0, 0.1) is 6.92 Å². The van der Waals surface area contributed by atoms with Crippen LogP contribution in [0.4, 0.5) is 19.1 Å². The zero-order valence-electron chi connectivity index (χ0n) is 11.8. The van der Waals surface area contributed by atoms with E-state index in [1.54, 1.807) is 31.2 Å². The lowest BCUT2D eigenvalue weighted by Gasteiger charge is -2.21. The van der Waals surface area contributed by atoms with Crippen LogP contribution in [0.3, 0.4) is 0 Å². The van der Waals surface area contributed by atoms with Crippen LogP contribution in [0.15, 0.2) is 42.6 Å². The maximum Gasteiger partial charge on any atom is 0.409 e. The molecule has 0 aliphatic heterocycles. The molecule has 1 unspecified atom stereocenters. The Morgan fingerprint density at radius 3 is 2.50 bits per heavy atom. The van der Waals surface area contributed by atoms with Gasteiger partial charge < -0.3 is 5.32 Å². The third-order valence-corrected chi connectivity index (χ3v) is 2.98. The molecule has 1 aromatic heterocycles. The lowest BCUT2D eigenvalue weighted by Crippen LogP contribution is -2.38. The molecule has 1 heterocycles. The second-order valence-corrected chi connectivity index (χ2v) is 4.75. The first kappa shape index (κ1) is 15.9. The fourth-order valence-corrected chi connectivity index (χ4v) is 1.85. The summed E-state index contributed by atoms with van der Waals surface area (Å²) in [6.45, 7) is 1.64. The van der Waals surface area contributed by atoms with Crippen LogP contribution in [0.1, 0.15) is 22.5 Å². The van der Waals surface area contributed by atoms with Crippen molar-refractivity contribution in [3.63, 3.8) is 0 Å². The summed E-state index contributed by atoms with van der Waals surface area (Å²) < 4.78 is 39.3. The lowest BCUT2D eigenvalue weighted by atomic mass is 10.0. The smallest absolute Gasteiger partial charge is 0.342 e. The Morgan fingerprint density at radius 2 is 1.91 bits per heavy atom. The molecule has 1 N–H and O–H groups in total. The second kappa shape index (κ2) is 6.55. The van der Waals surface area contributed by atoms with Crippen LogP contribution < -0.4 is 5.32 Å². The summed E-state index contributed by atoms with van der Waals surface area (Å²) in [5.74, 6) is -0.744. The lowest BCUT2D eigenvalue weighted by molar-refractivity contribution is -0.141. The van der Waals surface area contributed by atoms with Crippen LogP contribution in [-0.2, 0) is 0 Å². The van der Waals surface area contributed by atoms with E-state index in [1.165, 1.54) is 18.3 Å². The number of hydrogen-bond donors (Lipinski definition) is 1. The van der Waals surface area contributed by atoms with Gasteiger partial charge in [0.15, 0.2) is 5.78 Å². The van der Waals surface area contributed by atoms with Crippen LogP contribution in [-0.4, -0.2) is 28.0 Å². The highest BCUT2D eigenvalue weighted by Gasteiger charge is 2.41. The summed E-state index contributed by atoms with van der Waals surface area (Å²) in [6.07, 6.45) is -3.94. The molecule has 0 radical (unpaired) electrons. The maximum atomic E-state index is 13.1. The van der Waals surface area contributed by atoms with Crippen LogP contribution in [0.5, 0.6) is 0 Å². The molecule has 0 aliphatic rings. The molecule has 22 heavy (non-hydrogen) atoms. The molecule has 2 rings (SSSR count). The van der Waals surface area contributed by atoms with Crippen molar-refractivity contribution in [2.45, 2.75) is 25.6 Å². The number of ketones is 1. The van der Waals surface area contributed by atoms with Gasteiger partial charge in [0.05, 0.1) is 0 Å². The number of nitrogens with one attached hydrogen (secondary N) is 1. The van der Waals surface area contributed by atoms with Crippen molar-refractivity contribution < 1.29 is 18.0 Å². The number of halogens is 3. The van der Waals surface area contributed by atoms with Crippen molar-refractivity contribution in [1.82, 2.24) is 9.97 Å². The van der Waals surface area contributed by atoms with Crippen molar-refractivity contribution >= 4 is 11.7 Å². The summed E-state index contributed by atoms with van der Waals surface area (Å²) in [5, 5.41) is 2.19. The van der Waals surface area contributed by atoms with Gasteiger partial charge in [0.1, 0.15) is 6.04 Å². The van der Waals surface area contributed by atoms with E-state index < -0.39 is 24.4 Å². The molecule has 7 heteroatoms. The summed E-state index contributed by atoms with van der Waals surface area (Å²) in [6, 6.07) is 7.40. The third-order valence-electron chi connectivity index (χ3n) is 2.98. The molecule has 0 saturated carbocycles. The molecular weight excluding hydrogens is 295 g/mol. The number of Topliss-reactive ketones (excluding diaryl/α,β-unsaturated/α-hetero) is 1. The Hall–Kier alpha value is -2.44. The predicted molar refractivity (Wildman–Crippen MR) is 75.6 cm³/mol. The molecule has 0 fully saturated rings. The first-order chi connectivity index (χ1) is 10.4. The number of anilines is 1. The molecule has 1 aromatic carbocycles. The molecule has 2 aromatic rings.